The van der Waals surface area contributed by atoms with Crippen LogP contribution < -0.4 is 5.32 Å². The fraction of sp³-hybridized carbons (Fsp3) is 0.957. The van der Waals surface area contributed by atoms with E-state index in [4.69, 9.17) is 4.74 Å². The Labute approximate surface area is 173 Å². The van der Waals surface area contributed by atoms with Gasteiger partial charge in [0.25, 0.3) is 0 Å². The number of ether oxygens (including phenoxy) is 1. The number of hydrogen-bond donors (Lipinski definition) is 1. The molecule has 1 unspecified atom stereocenters. The van der Waals surface area contributed by atoms with Crippen molar-refractivity contribution < 1.29 is 4.74 Å². The minimum atomic E-state index is 0.532. The maximum Gasteiger partial charge on any atom is 0.193 e. The van der Waals surface area contributed by atoms with Crippen molar-refractivity contribution in [1.29, 1.82) is 0 Å². The Morgan fingerprint density at radius 2 is 1.68 bits per heavy atom. The predicted octanol–water partition coefficient (Wildman–Crippen LogP) is 3.89. The molecule has 0 aromatic carbocycles. The number of nitrogens with one attached hydrogen (secondary N) is 1. The second-order valence-electron chi connectivity index (χ2n) is 9.13. The Morgan fingerprint density at radius 1 is 0.929 bits per heavy atom. The van der Waals surface area contributed by atoms with Crippen LogP contribution in [0.4, 0.5) is 0 Å². The molecule has 0 spiro atoms. The normalized spacial score (nSPS) is 25.8. The third kappa shape index (κ3) is 7.55. The fourth-order valence-corrected chi connectivity index (χ4v) is 5.10. The summed E-state index contributed by atoms with van der Waals surface area (Å²) in [4.78, 5) is 9.69. The van der Waals surface area contributed by atoms with E-state index >= 15 is 0 Å². The van der Waals surface area contributed by atoms with Crippen LogP contribution in [-0.2, 0) is 4.74 Å². The summed E-state index contributed by atoms with van der Waals surface area (Å²) < 4.78 is 6.11. The molecule has 3 aliphatic rings. The summed E-state index contributed by atoms with van der Waals surface area (Å²) in [6, 6.07) is 0. The van der Waals surface area contributed by atoms with Crippen molar-refractivity contribution in [2.24, 2.45) is 10.9 Å². The van der Waals surface area contributed by atoms with E-state index in [-0.39, 0.29) is 0 Å². The van der Waals surface area contributed by atoms with E-state index in [1.54, 1.807) is 0 Å². The molecule has 0 aromatic heterocycles. The fourth-order valence-electron chi connectivity index (χ4n) is 5.10. The zero-order valence-corrected chi connectivity index (χ0v) is 18.3. The topological polar surface area (TPSA) is 40.1 Å². The standard InChI is InChI=1S/C23H44N4O/c1-24-23(25-14-7-10-18-28-22-11-5-2-3-6-12-22)27-17-13-21(20-27)19-26-15-8-4-9-16-26/h21-22H,2-20H2,1H3,(H,24,25). The van der Waals surface area contributed by atoms with Gasteiger partial charge in [-0.3, -0.25) is 4.99 Å². The van der Waals surface area contributed by atoms with Gasteiger partial charge in [0.1, 0.15) is 0 Å². The van der Waals surface area contributed by atoms with Crippen LogP contribution in [0.5, 0.6) is 0 Å². The van der Waals surface area contributed by atoms with Gasteiger partial charge in [0.05, 0.1) is 6.10 Å². The summed E-state index contributed by atoms with van der Waals surface area (Å²) >= 11 is 0. The molecule has 5 heteroatoms. The van der Waals surface area contributed by atoms with Crippen molar-refractivity contribution in [3.8, 4) is 0 Å². The Bertz CT molecular complexity index is 442. The van der Waals surface area contributed by atoms with Gasteiger partial charge in [-0.05, 0) is 64.0 Å². The van der Waals surface area contributed by atoms with E-state index in [2.05, 4.69) is 20.1 Å². The maximum absolute atomic E-state index is 6.11. The summed E-state index contributed by atoms with van der Waals surface area (Å²) in [7, 11) is 1.93. The predicted molar refractivity (Wildman–Crippen MR) is 118 cm³/mol. The number of aliphatic imine (C=N–C) groups is 1. The van der Waals surface area contributed by atoms with Crippen molar-refractivity contribution in [2.75, 3.05) is 52.9 Å². The van der Waals surface area contributed by atoms with Crippen molar-refractivity contribution >= 4 is 5.96 Å². The SMILES string of the molecule is CN=C(NCCCCOC1CCCCCC1)N1CCC(CN2CCCCC2)C1. The Morgan fingerprint density at radius 3 is 2.43 bits per heavy atom. The molecule has 3 fully saturated rings. The molecule has 2 saturated heterocycles. The molecule has 1 saturated carbocycles. The van der Waals surface area contributed by atoms with Crippen LogP contribution in [0.15, 0.2) is 4.99 Å². The zero-order valence-electron chi connectivity index (χ0n) is 18.3. The maximum atomic E-state index is 6.11. The largest absolute Gasteiger partial charge is 0.378 e. The van der Waals surface area contributed by atoms with E-state index in [1.807, 2.05) is 7.05 Å². The number of guanidine groups is 1. The molecule has 1 N–H and O–H groups in total. The molecule has 0 amide bonds. The lowest BCUT2D eigenvalue weighted by atomic mass is 10.1. The van der Waals surface area contributed by atoms with Gasteiger partial charge in [0.2, 0.25) is 0 Å². The molecule has 162 valence electrons. The molecule has 2 aliphatic heterocycles. The third-order valence-electron chi connectivity index (χ3n) is 6.77. The van der Waals surface area contributed by atoms with Crippen molar-refractivity contribution in [1.82, 2.24) is 15.1 Å². The van der Waals surface area contributed by atoms with Crippen LogP contribution in [0, 0.1) is 5.92 Å². The van der Waals surface area contributed by atoms with E-state index in [0.717, 1.165) is 44.4 Å². The minimum Gasteiger partial charge on any atom is -0.378 e. The van der Waals surface area contributed by atoms with E-state index in [9.17, 15) is 0 Å². The molecular formula is C23H44N4O. The first-order valence-electron chi connectivity index (χ1n) is 12.1. The molecule has 0 radical (unpaired) electrons. The van der Waals surface area contributed by atoms with Gasteiger partial charge in [0, 0.05) is 39.8 Å². The van der Waals surface area contributed by atoms with Crippen LogP contribution in [0.1, 0.15) is 77.0 Å². The highest BCUT2D eigenvalue weighted by molar-refractivity contribution is 5.80. The third-order valence-corrected chi connectivity index (χ3v) is 6.77. The molecule has 0 bridgehead atoms. The molecule has 2 heterocycles. The van der Waals surface area contributed by atoms with E-state index < -0.39 is 0 Å². The number of nitrogens with zero attached hydrogens (tertiary/aromatic N) is 3. The smallest absolute Gasteiger partial charge is 0.193 e. The van der Waals surface area contributed by atoms with Crippen LogP contribution in [0.25, 0.3) is 0 Å². The summed E-state index contributed by atoms with van der Waals surface area (Å²) in [5, 5.41) is 3.59. The van der Waals surface area contributed by atoms with Crippen LogP contribution in [0.2, 0.25) is 0 Å². The van der Waals surface area contributed by atoms with Gasteiger partial charge in [-0.15, -0.1) is 0 Å². The first kappa shape index (κ1) is 21.9. The van der Waals surface area contributed by atoms with Gasteiger partial charge >= 0.3 is 0 Å². The number of piperidine rings is 1. The van der Waals surface area contributed by atoms with Crippen LogP contribution in [0.3, 0.4) is 0 Å². The zero-order chi connectivity index (χ0) is 19.4. The monoisotopic (exact) mass is 392 g/mol. The highest BCUT2D eigenvalue weighted by Gasteiger charge is 2.26. The number of hydrogen-bond acceptors (Lipinski definition) is 3. The van der Waals surface area contributed by atoms with Gasteiger partial charge < -0.3 is 19.9 Å². The summed E-state index contributed by atoms with van der Waals surface area (Å²) in [5.41, 5.74) is 0. The van der Waals surface area contributed by atoms with Crippen LogP contribution >= 0.6 is 0 Å². The van der Waals surface area contributed by atoms with Crippen molar-refractivity contribution in [3.63, 3.8) is 0 Å². The molecule has 28 heavy (non-hydrogen) atoms. The average Bonchev–Trinajstić information content (AvgIpc) is 3.02. The molecule has 0 aromatic rings. The van der Waals surface area contributed by atoms with Crippen molar-refractivity contribution in [3.05, 3.63) is 0 Å². The molecular weight excluding hydrogens is 348 g/mol. The van der Waals surface area contributed by atoms with Gasteiger partial charge in [0.15, 0.2) is 5.96 Å². The number of likely N-dealkylation sites (tertiary alicyclic amines) is 2. The Hall–Kier alpha value is -0.810. The second kappa shape index (κ2) is 12.7. The lowest BCUT2D eigenvalue weighted by Gasteiger charge is -2.29. The van der Waals surface area contributed by atoms with E-state index in [1.165, 1.54) is 90.4 Å². The first-order valence-corrected chi connectivity index (χ1v) is 12.1. The molecule has 1 aliphatic carbocycles. The van der Waals surface area contributed by atoms with Crippen LogP contribution in [-0.4, -0.2) is 74.8 Å². The van der Waals surface area contributed by atoms with Crippen molar-refractivity contribution in [2.45, 2.75) is 83.2 Å². The lowest BCUT2D eigenvalue weighted by Crippen LogP contribution is -2.41. The van der Waals surface area contributed by atoms with Gasteiger partial charge in [-0.1, -0.05) is 32.1 Å². The quantitative estimate of drug-likeness (QED) is 0.294. The second-order valence-corrected chi connectivity index (χ2v) is 9.13. The first-order chi connectivity index (χ1) is 13.8. The summed E-state index contributed by atoms with van der Waals surface area (Å²) in [5.74, 6) is 1.91. The Kier molecular flexibility index (Phi) is 9.92. The number of unbranched alkanes of at least 4 members (excludes halogenated alkanes) is 1. The molecule has 1 atom stereocenters. The van der Waals surface area contributed by atoms with Gasteiger partial charge in [-0.2, -0.15) is 0 Å². The highest BCUT2D eigenvalue weighted by Crippen LogP contribution is 2.21. The summed E-state index contributed by atoms with van der Waals surface area (Å²) in [6.07, 6.45) is 16.4. The summed E-state index contributed by atoms with van der Waals surface area (Å²) in [6.45, 7) is 8.16. The average molecular weight is 393 g/mol. The molecule has 3 rings (SSSR count). The number of rotatable bonds is 8. The lowest BCUT2D eigenvalue weighted by molar-refractivity contribution is 0.0411. The molecule has 5 nitrogen and oxygen atoms in total. The minimum absolute atomic E-state index is 0.532. The van der Waals surface area contributed by atoms with Gasteiger partial charge in [-0.25, -0.2) is 0 Å². The highest BCUT2D eigenvalue weighted by atomic mass is 16.5. The Balaban J connectivity index is 1.25. The van der Waals surface area contributed by atoms with E-state index in [0.29, 0.717) is 6.10 Å².